The van der Waals surface area contributed by atoms with Crippen LogP contribution in [0, 0.1) is 5.82 Å². The molecule has 5 heteroatoms. The summed E-state index contributed by atoms with van der Waals surface area (Å²) < 4.78 is 13.1. The highest BCUT2D eigenvalue weighted by Crippen LogP contribution is 2.20. The minimum atomic E-state index is -0.576. The summed E-state index contributed by atoms with van der Waals surface area (Å²) >= 11 is 0. The van der Waals surface area contributed by atoms with E-state index in [1.807, 2.05) is 13.8 Å². The quantitative estimate of drug-likeness (QED) is 0.866. The number of nitrogens with one attached hydrogen (secondary N) is 1. The number of carbonyl (C=O) groups is 1. The fraction of sp³-hybridized carbons (Fsp3) is 0.462. The van der Waals surface area contributed by atoms with E-state index >= 15 is 0 Å². The van der Waals surface area contributed by atoms with Gasteiger partial charge in [0.15, 0.2) is 0 Å². The van der Waals surface area contributed by atoms with E-state index in [-0.39, 0.29) is 24.1 Å². The van der Waals surface area contributed by atoms with Crippen LogP contribution in [0.3, 0.4) is 0 Å². The lowest BCUT2D eigenvalue weighted by atomic mass is 9.94. The van der Waals surface area contributed by atoms with Crippen molar-refractivity contribution in [3.05, 3.63) is 35.6 Å². The Hall–Kier alpha value is -1.13. The molecule has 0 atom stereocenters. The summed E-state index contributed by atoms with van der Waals surface area (Å²) in [4.78, 5) is 11.6. The molecule has 0 saturated heterocycles. The Morgan fingerprint density at radius 2 is 2.11 bits per heavy atom. The maximum absolute atomic E-state index is 13.1. The number of hydrogen-bond donors (Lipinski definition) is 2. The monoisotopic (exact) mass is 274 g/mol. The average Bonchev–Trinajstić information content (AvgIpc) is 2.26. The lowest BCUT2D eigenvalue weighted by Gasteiger charge is -2.27. The van der Waals surface area contributed by atoms with Crippen molar-refractivity contribution in [2.24, 2.45) is 5.73 Å². The number of nitrogens with two attached hydrogens (primary N) is 1. The normalized spacial score (nSPS) is 10.7. The Morgan fingerprint density at radius 3 is 2.67 bits per heavy atom. The van der Waals surface area contributed by atoms with Crippen molar-refractivity contribution < 1.29 is 9.18 Å². The van der Waals surface area contributed by atoms with Gasteiger partial charge in [-0.15, -0.1) is 12.4 Å². The van der Waals surface area contributed by atoms with Gasteiger partial charge in [0.2, 0.25) is 5.91 Å². The van der Waals surface area contributed by atoms with Gasteiger partial charge in [0.1, 0.15) is 5.82 Å². The molecule has 3 nitrogen and oxygen atoms in total. The van der Waals surface area contributed by atoms with Crippen LogP contribution < -0.4 is 11.1 Å². The fourth-order valence-electron chi connectivity index (χ4n) is 1.62. The van der Waals surface area contributed by atoms with Gasteiger partial charge < -0.3 is 11.1 Å². The van der Waals surface area contributed by atoms with Crippen LogP contribution >= 0.6 is 12.4 Å². The van der Waals surface area contributed by atoms with Gasteiger partial charge in [0.05, 0.1) is 5.54 Å². The second-order valence-corrected chi connectivity index (χ2v) is 4.58. The largest absolute Gasteiger partial charge is 0.347 e. The van der Waals surface area contributed by atoms with Crippen LogP contribution in [0.4, 0.5) is 4.39 Å². The molecule has 1 amide bonds. The van der Waals surface area contributed by atoms with Crippen molar-refractivity contribution in [2.75, 3.05) is 6.54 Å². The van der Waals surface area contributed by atoms with E-state index in [2.05, 4.69) is 5.32 Å². The van der Waals surface area contributed by atoms with E-state index in [1.165, 1.54) is 12.1 Å². The molecular formula is C13H20ClFN2O. The number of amides is 1. The van der Waals surface area contributed by atoms with Crippen molar-refractivity contribution in [3.63, 3.8) is 0 Å². The van der Waals surface area contributed by atoms with E-state index in [0.717, 1.165) is 5.56 Å². The summed E-state index contributed by atoms with van der Waals surface area (Å²) in [6.45, 7) is 4.19. The number of rotatable bonds is 5. The molecular weight excluding hydrogens is 255 g/mol. The lowest BCUT2D eigenvalue weighted by molar-refractivity contribution is -0.122. The summed E-state index contributed by atoms with van der Waals surface area (Å²) in [5.41, 5.74) is 5.52. The Kier molecular flexibility index (Phi) is 6.88. The maximum atomic E-state index is 13.1. The highest BCUT2D eigenvalue weighted by molar-refractivity contribution is 5.85. The molecule has 1 aromatic rings. The second-order valence-electron chi connectivity index (χ2n) is 4.58. The molecule has 0 saturated carbocycles. The van der Waals surface area contributed by atoms with Crippen LogP contribution in [0.5, 0.6) is 0 Å². The van der Waals surface area contributed by atoms with Crippen LogP contribution in [-0.2, 0) is 10.3 Å². The molecule has 0 bridgehead atoms. The van der Waals surface area contributed by atoms with Gasteiger partial charge in [-0.05, 0) is 44.5 Å². The summed E-state index contributed by atoms with van der Waals surface area (Å²) in [6.07, 6.45) is 1.06. The number of benzene rings is 1. The molecule has 0 radical (unpaired) electrons. The summed E-state index contributed by atoms with van der Waals surface area (Å²) in [5, 5.41) is 2.87. The molecule has 0 fully saturated rings. The number of hydrogen-bond acceptors (Lipinski definition) is 2. The molecule has 0 aliphatic carbocycles. The first-order chi connectivity index (χ1) is 7.95. The van der Waals surface area contributed by atoms with Crippen molar-refractivity contribution in [1.82, 2.24) is 5.32 Å². The molecule has 1 aromatic carbocycles. The fourth-order valence-corrected chi connectivity index (χ4v) is 1.62. The molecule has 18 heavy (non-hydrogen) atoms. The molecule has 0 aliphatic rings. The van der Waals surface area contributed by atoms with Gasteiger partial charge >= 0.3 is 0 Å². The van der Waals surface area contributed by atoms with Crippen molar-refractivity contribution in [1.29, 1.82) is 0 Å². The summed E-state index contributed by atoms with van der Waals surface area (Å²) in [7, 11) is 0. The topological polar surface area (TPSA) is 55.1 Å². The predicted molar refractivity (Wildman–Crippen MR) is 73.1 cm³/mol. The maximum Gasteiger partial charge on any atom is 0.220 e. The molecule has 1 rings (SSSR count). The van der Waals surface area contributed by atoms with Crippen molar-refractivity contribution in [3.8, 4) is 0 Å². The van der Waals surface area contributed by atoms with Gasteiger partial charge in [0, 0.05) is 6.42 Å². The van der Waals surface area contributed by atoms with Crippen LogP contribution in [0.15, 0.2) is 24.3 Å². The molecule has 0 unspecified atom stereocenters. The zero-order chi connectivity index (χ0) is 12.9. The average molecular weight is 275 g/mol. The van der Waals surface area contributed by atoms with Crippen LogP contribution in [-0.4, -0.2) is 12.5 Å². The van der Waals surface area contributed by atoms with Crippen LogP contribution in [0.25, 0.3) is 0 Å². The highest BCUT2D eigenvalue weighted by atomic mass is 35.5. The van der Waals surface area contributed by atoms with Gasteiger partial charge in [-0.3, -0.25) is 4.79 Å². The van der Waals surface area contributed by atoms with Gasteiger partial charge in [-0.25, -0.2) is 4.39 Å². The smallest absolute Gasteiger partial charge is 0.220 e. The number of halogens is 2. The standard InChI is InChI=1S/C13H19FN2O.ClH/c1-13(2,16-12(17)7-4-8-15)10-5-3-6-11(14)9-10;/h3,5-6,9H,4,7-8,15H2,1-2H3,(H,16,17);1H. The third-order valence-electron chi connectivity index (χ3n) is 2.61. The molecule has 0 heterocycles. The van der Waals surface area contributed by atoms with E-state index < -0.39 is 5.54 Å². The van der Waals surface area contributed by atoms with Crippen LogP contribution in [0.2, 0.25) is 0 Å². The number of carbonyl (C=O) groups excluding carboxylic acids is 1. The third-order valence-corrected chi connectivity index (χ3v) is 2.61. The summed E-state index contributed by atoms with van der Waals surface area (Å²) in [6, 6.07) is 6.25. The third kappa shape index (κ3) is 5.02. The van der Waals surface area contributed by atoms with E-state index in [0.29, 0.717) is 19.4 Å². The Morgan fingerprint density at radius 1 is 1.44 bits per heavy atom. The molecule has 0 aromatic heterocycles. The van der Waals surface area contributed by atoms with Crippen molar-refractivity contribution >= 4 is 18.3 Å². The van der Waals surface area contributed by atoms with Gasteiger partial charge in [0.25, 0.3) is 0 Å². The first-order valence-corrected chi connectivity index (χ1v) is 5.73. The Bertz CT molecular complexity index is 396. The zero-order valence-electron chi connectivity index (χ0n) is 10.7. The first-order valence-electron chi connectivity index (χ1n) is 5.73. The predicted octanol–water partition coefficient (Wildman–Crippen LogP) is 2.34. The Balaban J connectivity index is 0.00000289. The van der Waals surface area contributed by atoms with E-state index in [1.54, 1.807) is 12.1 Å². The minimum absolute atomic E-state index is 0. The van der Waals surface area contributed by atoms with Crippen LogP contribution in [0.1, 0.15) is 32.3 Å². The van der Waals surface area contributed by atoms with E-state index in [4.69, 9.17) is 5.73 Å². The summed E-state index contributed by atoms with van der Waals surface area (Å²) in [5.74, 6) is -0.364. The highest BCUT2D eigenvalue weighted by Gasteiger charge is 2.22. The molecule has 0 spiro atoms. The second kappa shape index (κ2) is 7.34. The van der Waals surface area contributed by atoms with Gasteiger partial charge in [-0.1, -0.05) is 12.1 Å². The molecule has 0 aliphatic heterocycles. The lowest BCUT2D eigenvalue weighted by Crippen LogP contribution is -2.41. The van der Waals surface area contributed by atoms with E-state index in [9.17, 15) is 9.18 Å². The zero-order valence-corrected chi connectivity index (χ0v) is 11.5. The molecule has 3 N–H and O–H groups in total. The first kappa shape index (κ1) is 16.9. The van der Waals surface area contributed by atoms with Gasteiger partial charge in [-0.2, -0.15) is 0 Å². The molecule has 102 valence electrons. The Labute approximate surface area is 113 Å². The minimum Gasteiger partial charge on any atom is -0.347 e. The van der Waals surface area contributed by atoms with Crippen molar-refractivity contribution in [2.45, 2.75) is 32.2 Å². The SMILES string of the molecule is CC(C)(NC(=O)CCCN)c1cccc(F)c1.Cl.